The highest BCUT2D eigenvalue weighted by Gasteiger charge is 2.08. The maximum absolute atomic E-state index is 4.46. The summed E-state index contributed by atoms with van der Waals surface area (Å²) in [6.07, 6.45) is 2.46. The number of hydrogen-bond acceptors (Lipinski definition) is 7. The highest BCUT2D eigenvalue weighted by atomic mass is 32.1. The average molecular weight is 289 g/mol. The van der Waals surface area contributed by atoms with Crippen LogP contribution < -0.4 is 10.6 Å². The fourth-order valence-electron chi connectivity index (χ4n) is 1.89. The molecule has 7 nitrogen and oxygen atoms in total. The molecule has 0 saturated carbocycles. The summed E-state index contributed by atoms with van der Waals surface area (Å²) in [6.45, 7) is 0.731. The highest BCUT2D eigenvalue weighted by molar-refractivity contribution is 7.16. The van der Waals surface area contributed by atoms with Gasteiger partial charge in [0.05, 0.1) is 5.39 Å². The minimum Gasteiger partial charge on any atom is -0.369 e. The Balaban J connectivity index is 1.74. The van der Waals surface area contributed by atoms with E-state index in [0.29, 0.717) is 5.95 Å². The third-order valence-corrected chi connectivity index (χ3v) is 3.64. The van der Waals surface area contributed by atoms with Gasteiger partial charge in [-0.3, -0.25) is 4.68 Å². The topological polar surface area (TPSA) is 80.5 Å². The van der Waals surface area contributed by atoms with Gasteiger partial charge in [0.25, 0.3) is 0 Å². The summed E-state index contributed by atoms with van der Waals surface area (Å²) in [6, 6.07) is 2.03. The fraction of sp³-hybridized carbons (Fsp3) is 0.333. The molecule has 0 radical (unpaired) electrons. The number of nitrogens with zero attached hydrogens (tertiary/aromatic N) is 5. The van der Waals surface area contributed by atoms with Gasteiger partial charge in [0.15, 0.2) is 5.82 Å². The first-order valence-electron chi connectivity index (χ1n) is 6.27. The van der Waals surface area contributed by atoms with Gasteiger partial charge in [0.2, 0.25) is 5.95 Å². The van der Waals surface area contributed by atoms with Gasteiger partial charge in [-0.25, -0.2) is 9.97 Å². The smallest absolute Gasteiger partial charge is 0.225 e. The first-order chi connectivity index (χ1) is 9.76. The summed E-state index contributed by atoms with van der Waals surface area (Å²) in [5, 5.41) is 13.6. The summed E-state index contributed by atoms with van der Waals surface area (Å²) >= 11 is 1.61. The van der Waals surface area contributed by atoms with Crippen molar-refractivity contribution in [2.45, 2.75) is 6.42 Å². The van der Waals surface area contributed by atoms with E-state index in [1.54, 1.807) is 22.3 Å². The van der Waals surface area contributed by atoms with Crippen molar-refractivity contribution in [1.82, 2.24) is 24.7 Å². The number of anilines is 2. The lowest BCUT2D eigenvalue weighted by Gasteiger charge is -2.07. The largest absolute Gasteiger partial charge is 0.369 e. The maximum Gasteiger partial charge on any atom is 0.225 e. The van der Waals surface area contributed by atoms with Gasteiger partial charge in [-0.2, -0.15) is 10.1 Å². The number of aryl methyl sites for hydroxylation is 1. The van der Waals surface area contributed by atoms with Crippen molar-refractivity contribution in [1.29, 1.82) is 0 Å². The van der Waals surface area contributed by atoms with Gasteiger partial charge < -0.3 is 10.6 Å². The molecule has 0 unspecified atom stereocenters. The van der Waals surface area contributed by atoms with E-state index in [4.69, 9.17) is 0 Å². The van der Waals surface area contributed by atoms with Gasteiger partial charge in [-0.05, 0) is 11.4 Å². The van der Waals surface area contributed by atoms with Crippen molar-refractivity contribution >= 4 is 33.3 Å². The van der Waals surface area contributed by atoms with E-state index >= 15 is 0 Å². The Labute approximate surface area is 120 Å². The van der Waals surface area contributed by atoms with E-state index in [1.165, 1.54) is 0 Å². The van der Waals surface area contributed by atoms with Crippen LogP contribution in [-0.4, -0.2) is 38.3 Å². The Morgan fingerprint density at radius 1 is 1.35 bits per heavy atom. The molecule has 3 rings (SSSR count). The number of hydrogen-bond donors (Lipinski definition) is 2. The van der Waals surface area contributed by atoms with Crippen LogP contribution in [0, 0.1) is 0 Å². The maximum atomic E-state index is 4.46. The second-order valence-electron chi connectivity index (χ2n) is 4.30. The van der Waals surface area contributed by atoms with Crippen LogP contribution in [0.15, 0.2) is 17.8 Å². The van der Waals surface area contributed by atoms with Crippen LogP contribution in [-0.2, 0) is 13.5 Å². The van der Waals surface area contributed by atoms with Crippen molar-refractivity contribution in [3.63, 3.8) is 0 Å². The third-order valence-electron chi connectivity index (χ3n) is 2.84. The Bertz CT molecular complexity index is 717. The van der Waals surface area contributed by atoms with Gasteiger partial charge >= 0.3 is 0 Å². The Hall–Kier alpha value is -2.22. The highest BCUT2D eigenvalue weighted by Crippen LogP contribution is 2.26. The summed E-state index contributed by atoms with van der Waals surface area (Å²) < 4.78 is 1.70. The number of aromatic nitrogens is 5. The second kappa shape index (κ2) is 5.41. The minimum atomic E-state index is 0.624. The molecule has 104 valence electrons. The van der Waals surface area contributed by atoms with Gasteiger partial charge in [-0.1, -0.05) is 0 Å². The zero-order valence-corrected chi connectivity index (χ0v) is 12.1. The van der Waals surface area contributed by atoms with E-state index in [-0.39, 0.29) is 0 Å². The van der Waals surface area contributed by atoms with Crippen LogP contribution >= 0.6 is 11.3 Å². The van der Waals surface area contributed by atoms with Gasteiger partial charge in [0.1, 0.15) is 17.0 Å². The van der Waals surface area contributed by atoms with E-state index < -0.39 is 0 Å². The zero-order valence-electron chi connectivity index (χ0n) is 11.3. The number of fused-ring (bicyclic) bond motifs is 1. The lowest BCUT2D eigenvalue weighted by atomic mass is 10.3. The monoisotopic (exact) mass is 289 g/mol. The Morgan fingerprint density at radius 3 is 3.00 bits per heavy atom. The van der Waals surface area contributed by atoms with Gasteiger partial charge in [-0.15, -0.1) is 11.3 Å². The van der Waals surface area contributed by atoms with Crippen LogP contribution in [0.1, 0.15) is 5.82 Å². The lowest BCUT2D eigenvalue weighted by molar-refractivity contribution is 0.742. The molecule has 0 spiro atoms. The molecule has 0 saturated heterocycles. The van der Waals surface area contributed by atoms with Crippen LogP contribution in [0.3, 0.4) is 0 Å². The quantitative estimate of drug-likeness (QED) is 0.741. The average Bonchev–Trinajstić information content (AvgIpc) is 3.07. The predicted octanol–water partition coefficient (Wildman–Crippen LogP) is 1.52. The molecule has 0 aliphatic rings. The predicted molar refractivity (Wildman–Crippen MR) is 80.2 cm³/mol. The molecule has 0 aliphatic carbocycles. The van der Waals surface area contributed by atoms with Crippen molar-refractivity contribution in [3.8, 4) is 0 Å². The molecule has 3 aromatic heterocycles. The van der Waals surface area contributed by atoms with E-state index in [2.05, 4.69) is 30.7 Å². The fourth-order valence-corrected chi connectivity index (χ4v) is 2.66. The molecule has 0 aromatic carbocycles. The standard InChI is InChI=1S/C12H15N7S/c1-13-12-16-10(8-4-6-20-11(8)17-12)14-5-3-9-15-7-19(2)18-9/h4,6-7H,3,5H2,1-2H3,(H2,13,14,16,17). The first kappa shape index (κ1) is 12.8. The molecule has 0 aliphatic heterocycles. The van der Waals surface area contributed by atoms with Crippen molar-refractivity contribution in [2.24, 2.45) is 7.05 Å². The zero-order chi connectivity index (χ0) is 13.9. The van der Waals surface area contributed by atoms with Crippen LogP contribution in [0.2, 0.25) is 0 Å². The molecule has 3 heterocycles. The number of nitrogens with one attached hydrogen (secondary N) is 2. The second-order valence-corrected chi connectivity index (χ2v) is 5.19. The number of thiophene rings is 1. The van der Waals surface area contributed by atoms with Gasteiger partial charge in [0, 0.05) is 27.1 Å². The molecule has 2 N–H and O–H groups in total. The molecule has 0 bridgehead atoms. The number of rotatable bonds is 5. The first-order valence-corrected chi connectivity index (χ1v) is 7.15. The van der Waals surface area contributed by atoms with Crippen molar-refractivity contribution in [3.05, 3.63) is 23.6 Å². The Kier molecular flexibility index (Phi) is 3.46. The molecular formula is C12H15N7S. The summed E-state index contributed by atoms with van der Waals surface area (Å²) in [7, 11) is 3.68. The molecular weight excluding hydrogens is 274 g/mol. The SMILES string of the molecule is CNc1nc(NCCc2ncn(C)n2)c2ccsc2n1. The van der Waals surface area contributed by atoms with E-state index in [9.17, 15) is 0 Å². The van der Waals surface area contributed by atoms with Crippen LogP contribution in [0.25, 0.3) is 10.2 Å². The summed E-state index contributed by atoms with van der Waals surface area (Å²) in [4.78, 5) is 14.0. The lowest BCUT2D eigenvalue weighted by Crippen LogP contribution is -2.09. The molecule has 8 heteroatoms. The molecule has 0 atom stereocenters. The molecule has 0 amide bonds. The normalized spacial score (nSPS) is 10.9. The molecule has 0 fully saturated rings. The van der Waals surface area contributed by atoms with E-state index in [1.807, 2.05) is 25.5 Å². The van der Waals surface area contributed by atoms with Crippen molar-refractivity contribution in [2.75, 3.05) is 24.2 Å². The summed E-state index contributed by atoms with van der Waals surface area (Å²) in [5.74, 6) is 2.29. The minimum absolute atomic E-state index is 0.624. The van der Waals surface area contributed by atoms with Crippen molar-refractivity contribution < 1.29 is 0 Å². The molecule has 20 heavy (non-hydrogen) atoms. The van der Waals surface area contributed by atoms with Crippen LogP contribution in [0.5, 0.6) is 0 Å². The van der Waals surface area contributed by atoms with E-state index in [0.717, 1.165) is 34.8 Å². The molecule has 3 aromatic rings. The Morgan fingerprint density at radius 2 is 2.25 bits per heavy atom. The van der Waals surface area contributed by atoms with Crippen LogP contribution in [0.4, 0.5) is 11.8 Å². The summed E-state index contributed by atoms with van der Waals surface area (Å²) in [5.41, 5.74) is 0. The third kappa shape index (κ3) is 2.55.